The molecule has 0 aromatic heterocycles. The van der Waals surface area contributed by atoms with Gasteiger partial charge in [-0.05, 0) is 30.4 Å². The fourth-order valence-electron chi connectivity index (χ4n) is 1.83. The van der Waals surface area contributed by atoms with Crippen molar-refractivity contribution in [2.45, 2.75) is 25.3 Å². The van der Waals surface area contributed by atoms with Crippen LogP contribution >= 0.6 is 24.0 Å². The Hall–Kier alpha value is -0.310. The van der Waals surface area contributed by atoms with Crippen LogP contribution in [0.1, 0.15) is 30.9 Å². The molecular formula is C11H14Cl2FN. The highest BCUT2D eigenvalue weighted by Crippen LogP contribution is 2.38. The van der Waals surface area contributed by atoms with E-state index in [0.29, 0.717) is 5.92 Å². The Bertz CT molecular complexity index is 339. The van der Waals surface area contributed by atoms with Crippen molar-refractivity contribution in [3.05, 3.63) is 34.6 Å². The lowest BCUT2D eigenvalue weighted by molar-refractivity contribution is 0.264. The van der Waals surface area contributed by atoms with E-state index in [1.165, 1.54) is 12.5 Å². The van der Waals surface area contributed by atoms with Gasteiger partial charge in [-0.1, -0.05) is 30.2 Å². The summed E-state index contributed by atoms with van der Waals surface area (Å²) in [5, 5.41) is 0.187. The zero-order valence-electron chi connectivity index (χ0n) is 8.25. The van der Waals surface area contributed by atoms with Gasteiger partial charge in [0.1, 0.15) is 5.82 Å². The monoisotopic (exact) mass is 249 g/mol. The van der Waals surface area contributed by atoms with E-state index in [-0.39, 0.29) is 29.3 Å². The Kier molecular flexibility index (Phi) is 4.38. The summed E-state index contributed by atoms with van der Waals surface area (Å²) in [5.41, 5.74) is 6.77. The van der Waals surface area contributed by atoms with Gasteiger partial charge >= 0.3 is 0 Å². The molecular weight excluding hydrogens is 236 g/mol. The second-order valence-corrected chi connectivity index (χ2v) is 4.24. The predicted octanol–water partition coefficient (Wildman–Crippen LogP) is 3.70. The third kappa shape index (κ3) is 2.44. The molecule has 1 aromatic rings. The summed E-state index contributed by atoms with van der Waals surface area (Å²) in [4.78, 5) is 0. The maximum Gasteiger partial charge on any atom is 0.142 e. The number of hydrogen-bond acceptors (Lipinski definition) is 1. The molecule has 1 atom stereocenters. The lowest BCUT2D eigenvalue weighted by Crippen LogP contribution is -2.27. The van der Waals surface area contributed by atoms with Gasteiger partial charge in [-0.15, -0.1) is 12.4 Å². The molecule has 84 valence electrons. The molecule has 1 nitrogen and oxygen atoms in total. The average Bonchev–Trinajstić information content (AvgIpc) is 2.06. The Morgan fingerprint density at radius 3 is 2.60 bits per heavy atom. The molecule has 15 heavy (non-hydrogen) atoms. The SMILES string of the molecule is Cl.N[C@@H](c1cccc(F)c1Cl)C1CCC1. The van der Waals surface area contributed by atoms with Crippen molar-refractivity contribution >= 4 is 24.0 Å². The normalized spacial score (nSPS) is 17.8. The number of halogens is 3. The van der Waals surface area contributed by atoms with Gasteiger partial charge in [-0.3, -0.25) is 0 Å². The van der Waals surface area contributed by atoms with E-state index in [1.807, 2.05) is 6.07 Å². The molecule has 0 radical (unpaired) electrons. The highest BCUT2D eigenvalue weighted by atomic mass is 35.5. The van der Waals surface area contributed by atoms with Crippen molar-refractivity contribution in [2.75, 3.05) is 0 Å². The third-order valence-electron chi connectivity index (χ3n) is 3.00. The van der Waals surface area contributed by atoms with E-state index >= 15 is 0 Å². The lowest BCUT2D eigenvalue weighted by Gasteiger charge is -2.31. The largest absolute Gasteiger partial charge is 0.324 e. The van der Waals surface area contributed by atoms with E-state index in [0.717, 1.165) is 18.4 Å². The number of nitrogens with two attached hydrogens (primary N) is 1. The first-order valence-electron chi connectivity index (χ1n) is 4.89. The summed E-state index contributed by atoms with van der Waals surface area (Å²) in [6.45, 7) is 0. The molecule has 1 aromatic carbocycles. The summed E-state index contributed by atoms with van der Waals surface area (Å²) < 4.78 is 13.1. The molecule has 0 heterocycles. The van der Waals surface area contributed by atoms with Crippen LogP contribution in [0.2, 0.25) is 5.02 Å². The molecule has 2 N–H and O–H groups in total. The topological polar surface area (TPSA) is 26.0 Å². The summed E-state index contributed by atoms with van der Waals surface area (Å²) in [6.07, 6.45) is 3.49. The van der Waals surface area contributed by atoms with Crippen molar-refractivity contribution in [3.63, 3.8) is 0 Å². The van der Waals surface area contributed by atoms with Crippen molar-refractivity contribution in [1.82, 2.24) is 0 Å². The smallest absolute Gasteiger partial charge is 0.142 e. The number of hydrogen-bond donors (Lipinski definition) is 1. The van der Waals surface area contributed by atoms with E-state index < -0.39 is 0 Å². The minimum absolute atomic E-state index is 0. The van der Waals surface area contributed by atoms with E-state index in [1.54, 1.807) is 6.07 Å². The fourth-order valence-corrected chi connectivity index (χ4v) is 2.08. The van der Waals surface area contributed by atoms with Gasteiger partial charge < -0.3 is 5.73 Å². The van der Waals surface area contributed by atoms with Crippen LogP contribution in [0.3, 0.4) is 0 Å². The minimum Gasteiger partial charge on any atom is -0.324 e. The van der Waals surface area contributed by atoms with Gasteiger partial charge in [0.2, 0.25) is 0 Å². The van der Waals surface area contributed by atoms with Crippen molar-refractivity contribution in [3.8, 4) is 0 Å². The van der Waals surface area contributed by atoms with Gasteiger partial charge in [-0.25, -0.2) is 4.39 Å². The highest BCUT2D eigenvalue weighted by molar-refractivity contribution is 6.31. The molecule has 0 spiro atoms. The van der Waals surface area contributed by atoms with Crippen LogP contribution in [0.4, 0.5) is 4.39 Å². The van der Waals surface area contributed by atoms with Crippen LogP contribution in [-0.2, 0) is 0 Å². The maximum atomic E-state index is 13.1. The molecule has 1 fully saturated rings. The van der Waals surface area contributed by atoms with E-state index in [4.69, 9.17) is 17.3 Å². The average molecular weight is 250 g/mol. The Labute approximate surface area is 100 Å². The zero-order valence-corrected chi connectivity index (χ0v) is 9.82. The summed E-state index contributed by atoms with van der Waals surface area (Å²) in [7, 11) is 0. The Morgan fingerprint density at radius 1 is 1.40 bits per heavy atom. The first kappa shape index (κ1) is 12.8. The number of rotatable bonds is 2. The van der Waals surface area contributed by atoms with Gasteiger partial charge in [0.05, 0.1) is 5.02 Å². The predicted molar refractivity (Wildman–Crippen MR) is 62.9 cm³/mol. The first-order chi connectivity index (χ1) is 6.70. The Balaban J connectivity index is 0.00000112. The van der Waals surface area contributed by atoms with Crippen molar-refractivity contribution < 1.29 is 4.39 Å². The summed E-state index contributed by atoms with van der Waals surface area (Å²) >= 11 is 5.86. The molecule has 2 rings (SSSR count). The van der Waals surface area contributed by atoms with Crippen LogP contribution in [0.15, 0.2) is 18.2 Å². The van der Waals surface area contributed by atoms with Gasteiger partial charge in [-0.2, -0.15) is 0 Å². The van der Waals surface area contributed by atoms with Gasteiger partial charge in [0.15, 0.2) is 0 Å². The molecule has 0 unspecified atom stereocenters. The fraction of sp³-hybridized carbons (Fsp3) is 0.455. The molecule has 0 bridgehead atoms. The van der Waals surface area contributed by atoms with Crippen LogP contribution < -0.4 is 5.73 Å². The van der Waals surface area contributed by atoms with Gasteiger partial charge in [0.25, 0.3) is 0 Å². The quantitative estimate of drug-likeness (QED) is 0.850. The molecule has 0 amide bonds. The second kappa shape index (κ2) is 5.15. The van der Waals surface area contributed by atoms with Crippen LogP contribution in [0.25, 0.3) is 0 Å². The van der Waals surface area contributed by atoms with Crippen LogP contribution in [0, 0.1) is 11.7 Å². The molecule has 0 aliphatic heterocycles. The Morgan fingerprint density at radius 2 is 2.07 bits per heavy atom. The van der Waals surface area contributed by atoms with Gasteiger partial charge in [0, 0.05) is 6.04 Å². The standard InChI is InChI=1S/C11H13ClFN.ClH/c12-10-8(5-2-6-9(10)13)11(14)7-3-1-4-7;/h2,5-7,11H,1,3-4,14H2;1H/t11-;/m1./s1. The number of benzene rings is 1. The van der Waals surface area contributed by atoms with E-state index in [9.17, 15) is 4.39 Å². The highest BCUT2D eigenvalue weighted by Gasteiger charge is 2.27. The van der Waals surface area contributed by atoms with Crippen molar-refractivity contribution in [2.24, 2.45) is 11.7 Å². The molecule has 1 aliphatic carbocycles. The summed E-state index contributed by atoms with van der Waals surface area (Å²) in [5.74, 6) is 0.105. The summed E-state index contributed by atoms with van der Waals surface area (Å²) in [6, 6.07) is 4.73. The third-order valence-corrected chi connectivity index (χ3v) is 3.40. The minimum atomic E-state index is -0.376. The maximum absolute atomic E-state index is 13.1. The molecule has 1 saturated carbocycles. The molecule has 4 heteroatoms. The van der Waals surface area contributed by atoms with Crippen molar-refractivity contribution in [1.29, 1.82) is 0 Å². The zero-order chi connectivity index (χ0) is 10.1. The molecule has 1 aliphatic rings. The second-order valence-electron chi connectivity index (χ2n) is 3.86. The lowest BCUT2D eigenvalue weighted by atomic mass is 9.77. The van der Waals surface area contributed by atoms with Crippen LogP contribution in [0.5, 0.6) is 0 Å². The first-order valence-corrected chi connectivity index (χ1v) is 5.27. The molecule has 0 saturated heterocycles. The van der Waals surface area contributed by atoms with Crippen LogP contribution in [-0.4, -0.2) is 0 Å². The van der Waals surface area contributed by atoms with E-state index in [2.05, 4.69) is 0 Å².